The van der Waals surface area contributed by atoms with Crippen molar-refractivity contribution in [3.63, 3.8) is 0 Å². The molecule has 1 amide bonds. The number of hydrogen-bond acceptors (Lipinski definition) is 5. The molecule has 3 aromatic rings. The summed E-state index contributed by atoms with van der Waals surface area (Å²) in [6, 6.07) is 14.0. The molecule has 0 heterocycles. The molecule has 7 nitrogen and oxygen atoms in total. The van der Waals surface area contributed by atoms with Crippen molar-refractivity contribution in [3.8, 4) is 23.0 Å². The third-order valence-corrected chi connectivity index (χ3v) is 5.99. The van der Waals surface area contributed by atoms with Crippen LogP contribution in [-0.4, -0.2) is 27.2 Å². The Labute approximate surface area is 197 Å². The van der Waals surface area contributed by atoms with E-state index >= 15 is 0 Å². The lowest BCUT2D eigenvalue weighted by Crippen LogP contribution is -2.17. The maximum absolute atomic E-state index is 12.0. The zero-order valence-corrected chi connectivity index (χ0v) is 18.9. The first kappa shape index (κ1) is 23.2. The Kier molecular flexibility index (Phi) is 6.72. The number of phenolic OH excluding ortho intramolecular Hbond substituents is 2. The minimum absolute atomic E-state index is 0.186. The van der Waals surface area contributed by atoms with E-state index in [1.54, 1.807) is 30.3 Å². The van der Waals surface area contributed by atoms with Gasteiger partial charge in [0.15, 0.2) is 0 Å². The van der Waals surface area contributed by atoms with Gasteiger partial charge in [0, 0.05) is 11.3 Å². The van der Waals surface area contributed by atoms with Crippen molar-refractivity contribution in [2.45, 2.75) is 45.4 Å². The van der Waals surface area contributed by atoms with Crippen molar-refractivity contribution in [2.75, 3.05) is 5.32 Å². The maximum atomic E-state index is 12.0. The van der Waals surface area contributed by atoms with Gasteiger partial charge in [-0.2, -0.15) is 0 Å². The molecule has 0 aromatic heterocycles. The number of aromatic hydroxyl groups is 2. The number of rotatable bonds is 8. The second-order valence-electron chi connectivity index (χ2n) is 8.56. The molecule has 1 aliphatic carbocycles. The van der Waals surface area contributed by atoms with Crippen LogP contribution in [0.3, 0.4) is 0 Å². The summed E-state index contributed by atoms with van der Waals surface area (Å²) in [7, 11) is 0. The molecule has 1 aliphatic rings. The maximum Gasteiger partial charge on any atom is 0.312 e. The topological polar surface area (TPSA) is 116 Å². The summed E-state index contributed by atoms with van der Waals surface area (Å²) in [5.74, 6) is 0.0104. The Hall–Kier alpha value is -4.00. The summed E-state index contributed by atoms with van der Waals surface area (Å²) in [4.78, 5) is 22.8. The average Bonchev–Trinajstić information content (AvgIpc) is 3.26. The lowest BCUT2D eigenvalue weighted by molar-refractivity contribution is -0.139. The molecule has 4 N–H and O–H groups in total. The van der Waals surface area contributed by atoms with Gasteiger partial charge >= 0.3 is 5.97 Å². The van der Waals surface area contributed by atoms with Gasteiger partial charge in [-0.25, -0.2) is 0 Å². The summed E-state index contributed by atoms with van der Waals surface area (Å²) < 4.78 is 6.29. The number of carboxylic acids is 1. The third-order valence-electron chi connectivity index (χ3n) is 5.99. The van der Waals surface area contributed by atoms with Crippen molar-refractivity contribution in [1.29, 1.82) is 0 Å². The molecule has 0 aliphatic heterocycles. The number of amides is 1. The van der Waals surface area contributed by atoms with Crippen LogP contribution in [0.15, 0.2) is 48.5 Å². The van der Waals surface area contributed by atoms with E-state index in [0.29, 0.717) is 24.3 Å². The number of aliphatic carboxylic acids is 1. The third kappa shape index (κ3) is 5.31. The summed E-state index contributed by atoms with van der Waals surface area (Å²) in [6.07, 6.45) is 3.16. The van der Waals surface area contributed by atoms with E-state index < -0.39 is 18.3 Å². The lowest BCUT2D eigenvalue weighted by Gasteiger charge is -2.18. The number of phenols is 2. The van der Waals surface area contributed by atoms with E-state index in [4.69, 9.17) is 9.84 Å². The quantitative estimate of drug-likeness (QED) is 0.355. The molecular weight excluding hydrogens is 434 g/mol. The Morgan fingerprint density at radius 2 is 1.79 bits per heavy atom. The number of anilines is 1. The van der Waals surface area contributed by atoms with Crippen LogP contribution in [0, 0.1) is 6.92 Å². The first-order chi connectivity index (χ1) is 16.3. The second kappa shape index (κ2) is 9.87. The van der Waals surface area contributed by atoms with Gasteiger partial charge in [-0.15, -0.1) is 0 Å². The number of carbonyl (C=O) groups is 2. The van der Waals surface area contributed by atoms with Crippen LogP contribution >= 0.6 is 0 Å². The first-order valence-corrected chi connectivity index (χ1v) is 11.2. The average molecular weight is 462 g/mol. The highest BCUT2D eigenvalue weighted by Crippen LogP contribution is 2.41. The highest BCUT2D eigenvalue weighted by Gasteiger charge is 2.24. The molecule has 0 atom stereocenters. The Balaban J connectivity index is 1.55. The van der Waals surface area contributed by atoms with Gasteiger partial charge in [0.05, 0.1) is 0 Å². The van der Waals surface area contributed by atoms with Crippen molar-refractivity contribution in [1.82, 2.24) is 0 Å². The van der Waals surface area contributed by atoms with Crippen LogP contribution in [0.25, 0.3) is 0 Å². The van der Waals surface area contributed by atoms with E-state index in [1.165, 1.54) is 0 Å². The molecule has 4 rings (SSSR count). The molecular formula is C27H27NO6. The van der Waals surface area contributed by atoms with Crippen LogP contribution in [-0.2, 0) is 35.3 Å². The summed E-state index contributed by atoms with van der Waals surface area (Å²) >= 11 is 0. The van der Waals surface area contributed by atoms with E-state index in [9.17, 15) is 19.8 Å². The second-order valence-corrected chi connectivity index (χ2v) is 8.56. The predicted octanol–water partition coefficient (Wildman–Crippen LogP) is 4.89. The summed E-state index contributed by atoms with van der Waals surface area (Å²) in [6.45, 7) is 1.89. The number of fused-ring (bicyclic) bond motifs is 1. The van der Waals surface area contributed by atoms with Crippen molar-refractivity contribution in [2.24, 2.45) is 0 Å². The molecule has 0 saturated heterocycles. The molecule has 0 unspecified atom stereocenters. The van der Waals surface area contributed by atoms with Crippen molar-refractivity contribution < 1.29 is 29.6 Å². The summed E-state index contributed by atoms with van der Waals surface area (Å²) in [5, 5.41) is 31.6. The zero-order valence-electron chi connectivity index (χ0n) is 18.9. The van der Waals surface area contributed by atoms with Gasteiger partial charge < -0.3 is 25.4 Å². The van der Waals surface area contributed by atoms with E-state index in [1.807, 2.05) is 25.1 Å². The van der Waals surface area contributed by atoms with Gasteiger partial charge in [0.1, 0.15) is 29.4 Å². The van der Waals surface area contributed by atoms with Crippen LogP contribution in [0.4, 0.5) is 5.69 Å². The molecule has 0 saturated carbocycles. The number of carbonyl (C=O) groups excluding carboxylic acids is 1. The highest BCUT2D eigenvalue weighted by molar-refractivity contribution is 6.02. The highest BCUT2D eigenvalue weighted by atomic mass is 16.5. The monoisotopic (exact) mass is 461 g/mol. The van der Waals surface area contributed by atoms with E-state index in [2.05, 4.69) is 5.32 Å². The molecule has 0 bridgehead atoms. The van der Waals surface area contributed by atoms with Gasteiger partial charge in [-0.1, -0.05) is 12.1 Å². The molecule has 0 radical (unpaired) electrons. The van der Waals surface area contributed by atoms with Gasteiger partial charge in [0.25, 0.3) is 0 Å². The van der Waals surface area contributed by atoms with E-state index in [0.717, 1.165) is 52.8 Å². The number of aryl methyl sites for hydroxylation is 3. The smallest absolute Gasteiger partial charge is 0.312 e. The predicted molar refractivity (Wildman–Crippen MR) is 128 cm³/mol. The number of ether oxygens (including phenoxy) is 1. The fourth-order valence-corrected chi connectivity index (χ4v) is 4.42. The largest absolute Gasteiger partial charge is 0.508 e. The first-order valence-electron chi connectivity index (χ1n) is 11.2. The fraction of sp³-hybridized carbons (Fsp3) is 0.259. The summed E-state index contributed by atoms with van der Waals surface area (Å²) in [5.41, 5.74) is 5.18. The molecule has 0 fully saturated rings. The lowest BCUT2D eigenvalue weighted by atomic mass is 10.0. The minimum atomic E-state index is -1.17. The molecule has 3 aromatic carbocycles. The zero-order chi connectivity index (χ0) is 24.2. The van der Waals surface area contributed by atoms with Gasteiger partial charge in [-0.3, -0.25) is 9.59 Å². The number of benzene rings is 3. The van der Waals surface area contributed by atoms with Gasteiger partial charge in [-0.05, 0) is 97.7 Å². The fourth-order valence-electron chi connectivity index (χ4n) is 4.42. The number of nitrogens with one attached hydrogen (secondary N) is 1. The van der Waals surface area contributed by atoms with Gasteiger partial charge in [0.2, 0.25) is 5.91 Å². The number of hydrogen-bond donors (Lipinski definition) is 4. The van der Waals surface area contributed by atoms with Crippen LogP contribution < -0.4 is 10.1 Å². The van der Waals surface area contributed by atoms with Crippen molar-refractivity contribution >= 4 is 17.6 Å². The standard InChI is InChI=1S/C27H27NO6/c1-16-12-23(28-25(31)15-26(32)33)21-6-3-7-22(21)27(16)34-20-10-11-24(30)18(14-20)9-8-17-4-2-5-19(29)13-17/h2,4-5,10-14,29-30H,3,6-9,15H2,1H3,(H,28,31)(H,32,33). The Bertz CT molecular complexity index is 1250. The van der Waals surface area contributed by atoms with Crippen LogP contribution in [0.2, 0.25) is 0 Å². The van der Waals surface area contributed by atoms with Crippen molar-refractivity contribution in [3.05, 3.63) is 76.3 Å². The van der Waals surface area contributed by atoms with E-state index in [-0.39, 0.29) is 11.5 Å². The number of carboxylic acid groups (broad SMARTS) is 1. The molecule has 34 heavy (non-hydrogen) atoms. The van der Waals surface area contributed by atoms with Crippen LogP contribution in [0.5, 0.6) is 23.0 Å². The van der Waals surface area contributed by atoms with Crippen LogP contribution in [0.1, 0.15) is 40.7 Å². The normalized spacial score (nSPS) is 12.3. The minimum Gasteiger partial charge on any atom is -0.508 e. The SMILES string of the molecule is Cc1cc(NC(=O)CC(=O)O)c2c(c1Oc1ccc(O)c(CCc3cccc(O)c3)c1)CCC2. The molecule has 7 heteroatoms. The Morgan fingerprint density at radius 1 is 1.00 bits per heavy atom. The Morgan fingerprint density at radius 3 is 2.56 bits per heavy atom. The molecule has 0 spiro atoms. The molecule has 176 valence electrons.